The van der Waals surface area contributed by atoms with Gasteiger partial charge in [0, 0.05) is 14.8 Å². The maximum atomic E-state index is 11.8. The lowest BCUT2D eigenvalue weighted by Gasteiger charge is -2.16. The minimum Gasteiger partial charge on any atom is -0.293 e. The van der Waals surface area contributed by atoms with Crippen molar-refractivity contribution in [3.63, 3.8) is 0 Å². The molecule has 0 N–H and O–H groups in total. The first kappa shape index (κ1) is 12.8. The van der Waals surface area contributed by atoms with E-state index in [0.717, 1.165) is 10.0 Å². The summed E-state index contributed by atoms with van der Waals surface area (Å²) in [4.78, 5) is 11.8. The highest BCUT2D eigenvalue weighted by Crippen LogP contribution is 2.24. The molecule has 0 saturated heterocycles. The molecule has 3 heteroatoms. The third-order valence-corrected chi connectivity index (χ3v) is 3.55. The summed E-state index contributed by atoms with van der Waals surface area (Å²) in [6, 6.07) is 7.54. The Kier molecular flexibility index (Phi) is 4.41. The van der Waals surface area contributed by atoms with E-state index in [9.17, 15) is 4.79 Å². The van der Waals surface area contributed by atoms with Gasteiger partial charge in [0.15, 0.2) is 5.78 Å². The van der Waals surface area contributed by atoms with E-state index in [4.69, 9.17) is 0 Å². The Bertz CT molecular complexity index is 355. The van der Waals surface area contributed by atoms with Gasteiger partial charge in [-0.05, 0) is 12.1 Å². The van der Waals surface area contributed by atoms with Crippen molar-refractivity contribution in [3.05, 3.63) is 34.3 Å². The molecule has 0 spiro atoms. The average molecular weight is 287 g/mol. The van der Waals surface area contributed by atoms with Gasteiger partial charge in [0.1, 0.15) is 0 Å². The van der Waals surface area contributed by atoms with Crippen molar-refractivity contribution in [1.29, 1.82) is 0 Å². The van der Waals surface area contributed by atoms with E-state index in [1.54, 1.807) is 11.8 Å². The van der Waals surface area contributed by atoms with Crippen LogP contribution < -0.4 is 0 Å². The first-order valence-corrected chi connectivity index (χ1v) is 6.59. The second-order valence-corrected chi connectivity index (χ2v) is 7.05. The Morgan fingerprint density at radius 2 is 2.07 bits per heavy atom. The van der Waals surface area contributed by atoms with Gasteiger partial charge in [-0.25, -0.2) is 0 Å². The Balaban J connectivity index is 2.62. The molecule has 1 rings (SSSR count). The van der Waals surface area contributed by atoms with Crippen LogP contribution in [0.5, 0.6) is 0 Å². The molecule has 0 aliphatic rings. The third-order valence-electron chi connectivity index (χ3n) is 1.78. The topological polar surface area (TPSA) is 17.1 Å². The molecule has 0 saturated carbocycles. The van der Waals surface area contributed by atoms with Crippen LogP contribution >= 0.6 is 27.7 Å². The number of hydrogen-bond donors (Lipinski definition) is 0. The van der Waals surface area contributed by atoms with Crippen LogP contribution in [0.2, 0.25) is 0 Å². The van der Waals surface area contributed by atoms with Crippen LogP contribution in [0.1, 0.15) is 31.1 Å². The van der Waals surface area contributed by atoms with Gasteiger partial charge >= 0.3 is 0 Å². The summed E-state index contributed by atoms with van der Waals surface area (Å²) in [5.74, 6) is 0.733. The number of benzene rings is 1. The Morgan fingerprint density at radius 3 is 2.60 bits per heavy atom. The Labute approximate surface area is 104 Å². The van der Waals surface area contributed by atoms with E-state index in [2.05, 4.69) is 36.7 Å². The highest BCUT2D eigenvalue weighted by molar-refractivity contribution is 9.10. The molecule has 0 fully saturated rings. The van der Waals surface area contributed by atoms with E-state index < -0.39 is 0 Å². The van der Waals surface area contributed by atoms with Gasteiger partial charge in [0.25, 0.3) is 0 Å². The van der Waals surface area contributed by atoms with Crippen molar-refractivity contribution in [2.24, 2.45) is 0 Å². The number of thioether (sulfide) groups is 1. The van der Waals surface area contributed by atoms with Crippen molar-refractivity contribution >= 4 is 33.5 Å². The first-order valence-electron chi connectivity index (χ1n) is 4.81. The summed E-state index contributed by atoms with van der Waals surface area (Å²) in [6.45, 7) is 6.35. The lowest BCUT2D eigenvalue weighted by atomic mass is 10.2. The van der Waals surface area contributed by atoms with Gasteiger partial charge in [-0.15, -0.1) is 11.8 Å². The number of rotatable bonds is 3. The smallest absolute Gasteiger partial charge is 0.172 e. The van der Waals surface area contributed by atoms with E-state index in [1.165, 1.54) is 0 Å². The van der Waals surface area contributed by atoms with Crippen molar-refractivity contribution in [3.8, 4) is 0 Å². The van der Waals surface area contributed by atoms with Crippen molar-refractivity contribution in [2.45, 2.75) is 25.5 Å². The van der Waals surface area contributed by atoms with E-state index in [1.807, 2.05) is 24.3 Å². The van der Waals surface area contributed by atoms with Crippen LogP contribution in [-0.4, -0.2) is 16.3 Å². The van der Waals surface area contributed by atoms with Crippen LogP contribution in [0.15, 0.2) is 28.7 Å². The van der Waals surface area contributed by atoms with Gasteiger partial charge in [-0.2, -0.15) is 0 Å². The van der Waals surface area contributed by atoms with E-state index >= 15 is 0 Å². The van der Waals surface area contributed by atoms with Gasteiger partial charge in [0.2, 0.25) is 0 Å². The van der Waals surface area contributed by atoms with E-state index in [0.29, 0.717) is 5.75 Å². The molecule has 0 atom stereocenters. The second kappa shape index (κ2) is 5.17. The number of ketones is 1. The molecule has 0 aliphatic carbocycles. The van der Waals surface area contributed by atoms with Gasteiger partial charge < -0.3 is 0 Å². The fourth-order valence-electron chi connectivity index (χ4n) is 1.03. The van der Waals surface area contributed by atoms with Gasteiger partial charge in [0.05, 0.1) is 5.75 Å². The largest absolute Gasteiger partial charge is 0.293 e. The zero-order valence-electron chi connectivity index (χ0n) is 9.21. The number of halogens is 1. The predicted molar refractivity (Wildman–Crippen MR) is 70.7 cm³/mol. The molecule has 0 aromatic heterocycles. The molecule has 1 aromatic carbocycles. The van der Waals surface area contributed by atoms with Gasteiger partial charge in [-0.3, -0.25) is 4.79 Å². The standard InChI is InChI=1S/C12H15BrOS/c1-12(2,3)15-8-11(14)9-5-4-6-10(13)7-9/h4-7H,8H2,1-3H3. The number of Topliss-reactive ketones (excluding diaryl/α,β-unsaturated/α-hetero) is 1. The number of carbonyl (C=O) groups excluding carboxylic acids is 1. The molecule has 0 heterocycles. The van der Waals surface area contributed by atoms with Crippen molar-refractivity contribution in [1.82, 2.24) is 0 Å². The minimum atomic E-state index is 0.141. The molecule has 0 radical (unpaired) electrons. The molecule has 1 nitrogen and oxygen atoms in total. The fourth-order valence-corrected chi connectivity index (χ4v) is 2.16. The summed E-state index contributed by atoms with van der Waals surface area (Å²) in [6.07, 6.45) is 0. The molecule has 0 amide bonds. The highest BCUT2D eigenvalue weighted by atomic mass is 79.9. The average Bonchev–Trinajstić information content (AvgIpc) is 2.13. The zero-order chi connectivity index (χ0) is 11.5. The molecule has 1 aromatic rings. The molecular weight excluding hydrogens is 272 g/mol. The van der Waals surface area contributed by atoms with Crippen LogP contribution in [0.4, 0.5) is 0 Å². The monoisotopic (exact) mass is 286 g/mol. The van der Waals surface area contributed by atoms with Crippen LogP contribution in [0.3, 0.4) is 0 Å². The van der Waals surface area contributed by atoms with Crippen LogP contribution in [0, 0.1) is 0 Å². The molecule has 15 heavy (non-hydrogen) atoms. The molecular formula is C12H15BrOS. The third kappa shape index (κ3) is 4.85. The SMILES string of the molecule is CC(C)(C)SCC(=O)c1cccc(Br)c1. The predicted octanol–water partition coefficient (Wildman–Crippen LogP) is 4.16. The minimum absolute atomic E-state index is 0.141. The molecule has 0 aliphatic heterocycles. The van der Waals surface area contributed by atoms with Crippen molar-refractivity contribution in [2.75, 3.05) is 5.75 Å². The van der Waals surface area contributed by atoms with E-state index in [-0.39, 0.29) is 10.5 Å². The summed E-state index contributed by atoms with van der Waals surface area (Å²) in [7, 11) is 0. The number of carbonyl (C=O) groups is 1. The van der Waals surface area contributed by atoms with Gasteiger partial charge in [-0.1, -0.05) is 48.8 Å². The quantitative estimate of drug-likeness (QED) is 0.776. The lowest BCUT2D eigenvalue weighted by Crippen LogP contribution is -2.13. The van der Waals surface area contributed by atoms with Crippen LogP contribution in [-0.2, 0) is 0 Å². The summed E-state index contributed by atoms with van der Waals surface area (Å²) in [5, 5.41) is 0. The lowest BCUT2D eigenvalue weighted by molar-refractivity contribution is 0.102. The maximum absolute atomic E-state index is 11.8. The molecule has 0 bridgehead atoms. The normalized spacial score (nSPS) is 11.5. The maximum Gasteiger partial charge on any atom is 0.172 e. The first-order chi connectivity index (χ1) is 6.88. The highest BCUT2D eigenvalue weighted by Gasteiger charge is 2.14. The summed E-state index contributed by atoms with van der Waals surface area (Å²) < 4.78 is 1.09. The zero-order valence-corrected chi connectivity index (χ0v) is 11.6. The molecule has 82 valence electrons. The van der Waals surface area contributed by atoms with Crippen LogP contribution in [0.25, 0.3) is 0 Å². The Morgan fingerprint density at radius 1 is 1.40 bits per heavy atom. The summed E-state index contributed by atoms with van der Waals surface area (Å²) >= 11 is 5.04. The van der Waals surface area contributed by atoms with Crippen molar-refractivity contribution < 1.29 is 4.79 Å². The second-order valence-electron chi connectivity index (χ2n) is 4.33. The number of hydrogen-bond acceptors (Lipinski definition) is 2. The fraction of sp³-hybridized carbons (Fsp3) is 0.417. The summed E-state index contributed by atoms with van der Waals surface area (Å²) in [5.41, 5.74) is 0.779. The Hall–Kier alpha value is -0.280. The molecule has 0 unspecified atom stereocenters.